The van der Waals surface area contributed by atoms with Crippen molar-refractivity contribution in [3.05, 3.63) is 24.5 Å². The van der Waals surface area contributed by atoms with Gasteiger partial charge in [-0.2, -0.15) is 0 Å². The van der Waals surface area contributed by atoms with Gasteiger partial charge >= 0.3 is 0 Å². The molecule has 4 heteroatoms. The summed E-state index contributed by atoms with van der Waals surface area (Å²) in [5.74, 6) is 0.630. The number of carbonyl (C=O) groups excluding carboxylic acids is 1. The van der Waals surface area contributed by atoms with Gasteiger partial charge in [-0.15, -0.1) is 0 Å². The molecule has 1 saturated heterocycles. The minimum absolute atomic E-state index is 0.108. The molecule has 2 heterocycles. The van der Waals surface area contributed by atoms with Gasteiger partial charge in [-0.25, -0.2) is 0 Å². The van der Waals surface area contributed by atoms with E-state index in [0.717, 1.165) is 32.6 Å². The Kier molecular flexibility index (Phi) is 4.64. The van der Waals surface area contributed by atoms with Crippen LogP contribution in [0.4, 0.5) is 0 Å². The minimum Gasteiger partial charge on any atom is -0.381 e. The normalized spacial score (nSPS) is 18.5. The summed E-state index contributed by atoms with van der Waals surface area (Å²) in [6.45, 7) is 6.43. The standard InChI is InChI=1S/C15H24N2O2/c1-13(2)12-16-14(18)11-15(5-9-19-10-6-15)17-7-3-4-8-17/h3-4,7-8,13H,5-6,9-12H2,1-2H3,(H,16,18). The zero-order chi connectivity index (χ0) is 13.7. The van der Waals surface area contributed by atoms with Crippen LogP contribution >= 0.6 is 0 Å². The van der Waals surface area contributed by atoms with Crippen molar-refractivity contribution < 1.29 is 9.53 Å². The number of rotatable bonds is 5. The summed E-state index contributed by atoms with van der Waals surface area (Å²) in [7, 11) is 0. The smallest absolute Gasteiger partial charge is 0.222 e. The molecular formula is C15H24N2O2. The van der Waals surface area contributed by atoms with Crippen molar-refractivity contribution in [1.29, 1.82) is 0 Å². The molecule has 1 fully saturated rings. The van der Waals surface area contributed by atoms with Gasteiger partial charge in [0.25, 0.3) is 0 Å². The molecule has 2 rings (SSSR count). The third-order valence-electron chi connectivity index (χ3n) is 3.77. The van der Waals surface area contributed by atoms with Crippen LogP contribution in [0.5, 0.6) is 0 Å². The maximum absolute atomic E-state index is 12.2. The molecule has 0 radical (unpaired) electrons. The van der Waals surface area contributed by atoms with E-state index in [1.807, 2.05) is 12.1 Å². The van der Waals surface area contributed by atoms with Crippen molar-refractivity contribution in [2.24, 2.45) is 5.92 Å². The Bertz CT molecular complexity index is 392. The van der Waals surface area contributed by atoms with Crippen LogP contribution in [0.15, 0.2) is 24.5 Å². The van der Waals surface area contributed by atoms with Crippen molar-refractivity contribution in [3.8, 4) is 0 Å². The van der Waals surface area contributed by atoms with Gasteiger partial charge in [0.05, 0.1) is 12.0 Å². The van der Waals surface area contributed by atoms with E-state index in [4.69, 9.17) is 4.74 Å². The number of aromatic nitrogens is 1. The molecule has 1 aliphatic heterocycles. The fraction of sp³-hybridized carbons (Fsp3) is 0.667. The molecule has 0 bridgehead atoms. The number of carbonyl (C=O) groups is 1. The summed E-state index contributed by atoms with van der Waals surface area (Å²) < 4.78 is 7.64. The molecule has 1 aromatic rings. The second-order valence-electron chi connectivity index (χ2n) is 5.80. The van der Waals surface area contributed by atoms with Crippen molar-refractivity contribution in [2.45, 2.75) is 38.6 Å². The van der Waals surface area contributed by atoms with Crippen LogP contribution in [0.25, 0.3) is 0 Å². The van der Waals surface area contributed by atoms with Crippen LogP contribution in [0.1, 0.15) is 33.1 Å². The van der Waals surface area contributed by atoms with Gasteiger partial charge < -0.3 is 14.6 Å². The molecule has 4 nitrogen and oxygen atoms in total. The zero-order valence-corrected chi connectivity index (χ0v) is 11.9. The van der Waals surface area contributed by atoms with E-state index >= 15 is 0 Å². The predicted octanol–water partition coefficient (Wildman–Crippen LogP) is 2.16. The highest BCUT2D eigenvalue weighted by molar-refractivity contribution is 5.77. The lowest BCUT2D eigenvalue weighted by molar-refractivity contribution is -0.124. The third-order valence-corrected chi connectivity index (χ3v) is 3.77. The second kappa shape index (κ2) is 6.24. The maximum Gasteiger partial charge on any atom is 0.222 e. The maximum atomic E-state index is 12.2. The average molecular weight is 264 g/mol. The van der Waals surface area contributed by atoms with E-state index in [1.165, 1.54) is 0 Å². The van der Waals surface area contributed by atoms with Crippen LogP contribution in [0.3, 0.4) is 0 Å². The lowest BCUT2D eigenvalue weighted by Gasteiger charge is -2.38. The first-order valence-electron chi connectivity index (χ1n) is 7.10. The minimum atomic E-state index is -0.108. The number of hydrogen-bond acceptors (Lipinski definition) is 2. The Hall–Kier alpha value is -1.29. The topological polar surface area (TPSA) is 43.3 Å². The Balaban J connectivity index is 2.04. The number of nitrogens with one attached hydrogen (secondary N) is 1. The highest BCUT2D eigenvalue weighted by Gasteiger charge is 2.35. The van der Waals surface area contributed by atoms with Gasteiger partial charge in [0.15, 0.2) is 0 Å². The van der Waals surface area contributed by atoms with E-state index in [9.17, 15) is 4.79 Å². The van der Waals surface area contributed by atoms with Crippen LogP contribution in [0, 0.1) is 5.92 Å². The van der Waals surface area contributed by atoms with Gasteiger partial charge in [-0.1, -0.05) is 13.8 Å². The number of ether oxygens (including phenoxy) is 1. The lowest BCUT2D eigenvalue weighted by Crippen LogP contribution is -2.43. The van der Waals surface area contributed by atoms with Crippen LogP contribution in [0.2, 0.25) is 0 Å². The van der Waals surface area contributed by atoms with E-state index in [2.05, 4.69) is 36.1 Å². The quantitative estimate of drug-likeness (QED) is 0.885. The number of amides is 1. The largest absolute Gasteiger partial charge is 0.381 e. The van der Waals surface area contributed by atoms with Crippen LogP contribution in [-0.2, 0) is 15.1 Å². The van der Waals surface area contributed by atoms with Crippen molar-refractivity contribution in [2.75, 3.05) is 19.8 Å². The van der Waals surface area contributed by atoms with Crippen molar-refractivity contribution >= 4 is 5.91 Å². The van der Waals surface area contributed by atoms with Gasteiger partial charge in [0.1, 0.15) is 0 Å². The first kappa shape index (κ1) is 14.1. The molecule has 1 N–H and O–H groups in total. The fourth-order valence-corrected chi connectivity index (χ4v) is 2.61. The van der Waals surface area contributed by atoms with Crippen LogP contribution < -0.4 is 5.32 Å². The van der Waals surface area contributed by atoms with Crippen LogP contribution in [-0.4, -0.2) is 30.2 Å². The number of hydrogen-bond donors (Lipinski definition) is 1. The molecule has 19 heavy (non-hydrogen) atoms. The second-order valence-corrected chi connectivity index (χ2v) is 5.80. The van der Waals surface area contributed by atoms with E-state index in [0.29, 0.717) is 12.3 Å². The third kappa shape index (κ3) is 3.60. The average Bonchev–Trinajstić information content (AvgIpc) is 2.92. The summed E-state index contributed by atoms with van der Waals surface area (Å²) >= 11 is 0. The molecule has 106 valence electrons. The fourth-order valence-electron chi connectivity index (χ4n) is 2.61. The molecule has 0 saturated carbocycles. The molecule has 0 atom stereocenters. The van der Waals surface area contributed by atoms with Crippen molar-refractivity contribution in [3.63, 3.8) is 0 Å². The Morgan fingerprint density at radius 1 is 1.32 bits per heavy atom. The first-order chi connectivity index (χ1) is 9.12. The highest BCUT2D eigenvalue weighted by Crippen LogP contribution is 2.32. The van der Waals surface area contributed by atoms with Gasteiger partial charge in [-0.05, 0) is 30.9 Å². The predicted molar refractivity (Wildman–Crippen MR) is 74.9 cm³/mol. The molecule has 1 amide bonds. The summed E-state index contributed by atoms with van der Waals surface area (Å²) in [6.07, 6.45) is 6.45. The monoisotopic (exact) mass is 264 g/mol. The van der Waals surface area contributed by atoms with E-state index in [1.54, 1.807) is 0 Å². The molecule has 1 aromatic heterocycles. The van der Waals surface area contributed by atoms with Gasteiger partial charge in [-0.3, -0.25) is 4.79 Å². The number of nitrogens with zero attached hydrogens (tertiary/aromatic N) is 1. The molecule has 1 aliphatic rings. The molecule has 0 unspecified atom stereocenters. The first-order valence-corrected chi connectivity index (χ1v) is 7.10. The summed E-state index contributed by atoms with van der Waals surface area (Å²) in [6, 6.07) is 4.03. The van der Waals surface area contributed by atoms with Gasteiger partial charge in [0, 0.05) is 32.2 Å². The molecule has 0 spiro atoms. The Morgan fingerprint density at radius 3 is 2.53 bits per heavy atom. The highest BCUT2D eigenvalue weighted by atomic mass is 16.5. The Morgan fingerprint density at radius 2 is 1.95 bits per heavy atom. The van der Waals surface area contributed by atoms with Gasteiger partial charge in [0.2, 0.25) is 5.91 Å². The summed E-state index contributed by atoms with van der Waals surface area (Å²) in [5, 5.41) is 3.02. The zero-order valence-electron chi connectivity index (χ0n) is 11.9. The summed E-state index contributed by atoms with van der Waals surface area (Å²) in [4.78, 5) is 12.2. The SMILES string of the molecule is CC(C)CNC(=O)CC1(n2cccc2)CCOCC1. The summed E-state index contributed by atoms with van der Waals surface area (Å²) in [5.41, 5.74) is -0.108. The Labute approximate surface area is 115 Å². The molecular weight excluding hydrogens is 240 g/mol. The van der Waals surface area contributed by atoms with Crippen molar-refractivity contribution in [1.82, 2.24) is 9.88 Å². The van der Waals surface area contributed by atoms with E-state index in [-0.39, 0.29) is 11.4 Å². The molecule has 0 aromatic carbocycles. The van der Waals surface area contributed by atoms with E-state index < -0.39 is 0 Å². The lowest BCUT2D eigenvalue weighted by atomic mass is 9.86. The molecule has 0 aliphatic carbocycles.